The maximum Gasteiger partial charge on any atom is 0.191 e. The largest absolute Gasteiger partial charge is 0.352 e. The fourth-order valence-corrected chi connectivity index (χ4v) is 2.30. The van der Waals surface area contributed by atoms with Crippen LogP contribution in [-0.2, 0) is 13.1 Å². The van der Waals surface area contributed by atoms with Crippen molar-refractivity contribution in [3.05, 3.63) is 54.1 Å². The number of nitrogens with zero attached hydrogens (tertiary/aromatic N) is 3. The van der Waals surface area contributed by atoms with E-state index in [2.05, 4.69) is 56.4 Å². The summed E-state index contributed by atoms with van der Waals surface area (Å²) in [5.74, 6) is 0.898. The molecule has 1 atom stereocenters. The number of nitrogens with one attached hydrogen (secondary N) is 2. The summed E-state index contributed by atoms with van der Waals surface area (Å²) in [4.78, 5) is 8.50. The van der Waals surface area contributed by atoms with Gasteiger partial charge in [0.2, 0.25) is 0 Å². The minimum atomic E-state index is 0.429. The van der Waals surface area contributed by atoms with Crippen molar-refractivity contribution in [1.29, 1.82) is 0 Å². The summed E-state index contributed by atoms with van der Waals surface area (Å²) in [5.41, 5.74) is 2.58. The van der Waals surface area contributed by atoms with Gasteiger partial charge >= 0.3 is 0 Å². The Morgan fingerprint density at radius 2 is 2.20 bits per heavy atom. The lowest BCUT2D eigenvalue weighted by Gasteiger charge is -2.12. The Kier molecular flexibility index (Phi) is 3.67. The zero-order chi connectivity index (χ0) is 13.8. The predicted molar refractivity (Wildman–Crippen MR) is 79.5 cm³/mol. The Labute approximate surface area is 118 Å². The van der Waals surface area contributed by atoms with Crippen LogP contribution in [-0.4, -0.2) is 28.1 Å². The van der Waals surface area contributed by atoms with Crippen molar-refractivity contribution < 1.29 is 0 Å². The van der Waals surface area contributed by atoms with Gasteiger partial charge in [0.15, 0.2) is 5.96 Å². The molecule has 0 spiro atoms. The molecule has 2 heterocycles. The molecule has 20 heavy (non-hydrogen) atoms. The molecule has 0 aliphatic carbocycles. The number of hydrogen-bond acceptors (Lipinski definition) is 4. The standard InChI is InChI=1S/C15H19N5/c1-12-8-17-15(19-12)18-9-13-4-2-3-5-14(13)10-20-7-6-16-11-20/h2-7,11-12H,8-10H2,1H3,(H2,17,18,19). The first kappa shape index (κ1) is 12.7. The molecule has 0 amide bonds. The van der Waals surface area contributed by atoms with E-state index in [1.165, 1.54) is 11.1 Å². The molecule has 0 saturated heterocycles. The lowest BCUT2D eigenvalue weighted by molar-refractivity contribution is 0.711. The predicted octanol–water partition coefficient (Wildman–Crippen LogP) is 1.37. The van der Waals surface area contributed by atoms with Crippen molar-refractivity contribution in [2.45, 2.75) is 26.1 Å². The highest BCUT2D eigenvalue weighted by molar-refractivity contribution is 5.81. The van der Waals surface area contributed by atoms with Gasteiger partial charge in [0.25, 0.3) is 0 Å². The van der Waals surface area contributed by atoms with Gasteiger partial charge in [-0.1, -0.05) is 24.3 Å². The van der Waals surface area contributed by atoms with Crippen LogP contribution < -0.4 is 10.6 Å². The zero-order valence-corrected chi connectivity index (χ0v) is 11.6. The molecule has 5 heteroatoms. The molecule has 2 aromatic rings. The molecule has 5 nitrogen and oxygen atoms in total. The van der Waals surface area contributed by atoms with Crippen LogP contribution >= 0.6 is 0 Å². The molecule has 0 bridgehead atoms. The molecule has 2 N–H and O–H groups in total. The molecule has 1 unspecified atom stereocenters. The smallest absolute Gasteiger partial charge is 0.191 e. The third-order valence-electron chi connectivity index (χ3n) is 3.38. The molecule has 104 valence electrons. The molecule has 0 fully saturated rings. The van der Waals surface area contributed by atoms with Gasteiger partial charge in [-0.15, -0.1) is 0 Å². The number of rotatable bonds is 4. The van der Waals surface area contributed by atoms with Crippen LogP contribution in [0.25, 0.3) is 0 Å². The molecule has 1 aromatic carbocycles. The average molecular weight is 269 g/mol. The van der Waals surface area contributed by atoms with Gasteiger partial charge in [-0.25, -0.2) is 4.98 Å². The second-order valence-electron chi connectivity index (χ2n) is 5.09. The summed E-state index contributed by atoms with van der Waals surface area (Å²) in [6.45, 7) is 4.60. The molecule has 3 rings (SSSR count). The average Bonchev–Trinajstić information content (AvgIpc) is 3.10. The third kappa shape index (κ3) is 2.99. The van der Waals surface area contributed by atoms with E-state index in [4.69, 9.17) is 0 Å². The van der Waals surface area contributed by atoms with Gasteiger partial charge in [0.1, 0.15) is 0 Å². The van der Waals surface area contributed by atoms with Crippen LogP contribution in [0.4, 0.5) is 0 Å². The van der Waals surface area contributed by atoms with E-state index in [9.17, 15) is 0 Å². The Morgan fingerprint density at radius 3 is 2.90 bits per heavy atom. The fourth-order valence-electron chi connectivity index (χ4n) is 2.30. The summed E-state index contributed by atoms with van der Waals surface area (Å²) < 4.78 is 2.08. The maximum atomic E-state index is 4.42. The van der Waals surface area contributed by atoms with E-state index < -0.39 is 0 Å². The topological polar surface area (TPSA) is 54.2 Å². The minimum Gasteiger partial charge on any atom is -0.352 e. The van der Waals surface area contributed by atoms with Crippen LogP contribution in [0, 0.1) is 0 Å². The Morgan fingerprint density at radius 1 is 1.35 bits per heavy atom. The normalized spacial score (nSPS) is 17.6. The second kappa shape index (κ2) is 5.77. The third-order valence-corrected chi connectivity index (χ3v) is 3.38. The molecular weight excluding hydrogens is 250 g/mol. The first-order chi connectivity index (χ1) is 9.81. The van der Waals surface area contributed by atoms with E-state index in [0.29, 0.717) is 6.04 Å². The van der Waals surface area contributed by atoms with E-state index in [-0.39, 0.29) is 0 Å². The molecule has 1 aromatic heterocycles. The molecule has 1 aliphatic heterocycles. The quantitative estimate of drug-likeness (QED) is 0.881. The van der Waals surface area contributed by atoms with Crippen molar-refractivity contribution in [1.82, 2.24) is 20.2 Å². The van der Waals surface area contributed by atoms with E-state index in [0.717, 1.165) is 25.6 Å². The molecule has 1 aliphatic rings. The highest BCUT2D eigenvalue weighted by Gasteiger charge is 2.12. The minimum absolute atomic E-state index is 0.429. The van der Waals surface area contributed by atoms with Crippen molar-refractivity contribution in [3.8, 4) is 0 Å². The number of benzene rings is 1. The van der Waals surface area contributed by atoms with Crippen LogP contribution in [0.15, 0.2) is 48.0 Å². The Balaban J connectivity index is 1.67. The molecular formula is C15H19N5. The van der Waals surface area contributed by atoms with Gasteiger partial charge in [-0.2, -0.15) is 0 Å². The maximum absolute atomic E-state index is 4.42. The summed E-state index contributed by atoms with van der Waals surface area (Å²) in [6.07, 6.45) is 5.63. The lowest BCUT2D eigenvalue weighted by Crippen LogP contribution is -2.37. The van der Waals surface area contributed by atoms with Crippen molar-refractivity contribution in [2.24, 2.45) is 4.99 Å². The summed E-state index contributed by atoms with van der Waals surface area (Å²) in [5, 5.41) is 6.68. The summed E-state index contributed by atoms with van der Waals surface area (Å²) in [6, 6.07) is 8.88. The van der Waals surface area contributed by atoms with Crippen LogP contribution in [0.2, 0.25) is 0 Å². The van der Waals surface area contributed by atoms with Gasteiger partial charge in [-0.3, -0.25) is 4.99 Å². The first-order valence-corrected chi connectivity index (χ1v) is 6.88. The number of hydrogen-bond donors (Lipinski definition) is 2. The van der Waals surface area contributed by atoms with Gasteiger partial charge in [0.05, 0.1) is 12.9 Å². The van der Waals surface area contributed by atoms with E-state index >= 15 is 0 Å². The van der Waals surface area contributed by atoms with Gasteiger partial charge < -0.3 is 15.2 Å². The van der Waals surface area contributed by atoms with Crippen molar-refractivity contribution in [2.75, 3.05) is 6.54 Å². The van der Waals surface area contributed by atoms with Crippen molar-refractivity contribution >= 4 is 5.96 Å². The van der Waals surface area contributed by atoms with E-state index in [1.54, 1.807) is 6.20 Å². The van der Waals surface area contributed by atoms with Gasteiger partial charge in [0, 0.05) is 31.5 Å². The monoisotopic (exact) mass is 269 g/mol. The number of imidazole rings is 1. The molecule has 0 saturated carbocycles. The molecule has 0 radical (unpaired) electrons. The Bertz CT molecular complexity index is 588. The Hall–Kier alpha value is -2.30. The van der Waals surface area contributed by atoms with E-state index in [1.807, 2.05) is 12.5 Å². The van der Waals surface area contributed by atoms with Crippen LogP contribution in [0.1, 0.15) is 18.1 Å². The number of aromatic nitrogens is 2. The SMILES string of the molecule is CC1CN=C(NCc2ccccc2Cn2ccnc2)N1. The van der Waals surface area contributed by atoms with Crippen LogP contribution in [0.3, 0.4) is 0 Å². The lowest BCUT2D eigenvalue weighted by atomic mass is 10.1. The highest BCUT2D eigenvalue weighted by Crippen LogP contribution is 2.10. The second-order valence-corrected chi connectivity index (χ2v) is 5.09. The first-order valence-electron chi connectivity index (χ1n) is 6.88. The number of guanidine groups is 1. The summed E-state index contributed by atoms with van der Waals surface area (Å²) >= 11 is 0. The van der Waals surface area contributed by atoms with Crippen LogP contribution in [0.5, 0.6) is 0 Å². The fraction of sp³-hybridized carbons (Fsp3) is 0.333. The zero-order valence-electron chi connectivity index (χ0n) is 11.6. The summed E-state index contributed by atoms with van der Waals surface area (Å²) in [7, 11) is 0. The number of aliphatic imine (C=N–C) groups is 1. The van der Waals surface area contributed by atoms with Crippen molar-refractivity contribution in [3.63, 3.8) is 0 Å². The van der Waals surface area contributed by atoms with Gasteiger partial charge in [-0.05, 0) is 18.1 Å². The highest BCUT2D eigenvalue weighted by atomic mass is 15.2.